The molecule has 1 atom stereocenters. The molecule has 3 aromatic carbocycles. The number of nitrogens with one attached hydrogen (secondary N) is 1. The molecule has 1 amide bonds. The molecule has 2 N–H and O–H groups in total. The van der Waals surface area contributed by atoms with Crippen LogP contribution in [0.4, 0.5) is 4.39 Å². The Hall–Kier alpha value is -3.16. The lowest BCUT2D eigenvalue weighted by Gasteiger charge is -2.26. The number of aromatic nitrogens is 2. The van der Waals surface area contributed by atoms with Crippen molar-refractivity contribution in [2.45, 2.75) is 19.5 Å². The number of benzene rings is 3. The third kappa shape index (κ3) is 3.81. The second kappa shape index (κ2) is 8.32. The summed E-state index contributed by atoms with van der Waals surface area (Å²) in [5, 5.41) is 18.4. The number of phenolic OH excluding ortho intramolecular Hbond substituents is 1. The molecule has 2 heterocycles. The number of hydrogen-bond donors (Lipinski definition) is 2. The average Bonchev–Trinajstić information content (AvgIpc) is 3.32. The maximum Gasteiger partial charge on any atom is 0.273 e. The molecule has 1 aromatic heterocycles. The number of aromatic amines is 1. The van der Waals surface area contributed by atoms with Crippen LogP contribution in [0.15, 0.2) is 65.1 Å². The second-order valence-corrected chi connectivity index (χ2v) is 9.32. The second-order valence-electron chi connectivity index (χ2n) is 7.99. The topological polar surface area (TPSA) is 69.2 Å². The first kappa shape index (κ1) is 21.7. The van der Waals surface area contributed by atoms with Gasteiger partial charge in [0.2, 0.25) is 0 Å². The van der Waals surface area contributed by atoms with Crippen LogP contribution < -0.4 is 0 Å². The van der Waals surface area contributed by atoms with Crippen LogP contribution in [0.25, 0.3) is 11.3 Å². The van der Waals surface area contributed by atoms with E-state index < -0.39 is 6.04 Å². The molecule has 8 heteroatoms. The summed E-state index contributed by atoms with van der Waals surface area (Å²) in [7, 11) is 0. The fourth-order valence-electron chi connectivity index (χ4n) is 4.20. The maximum atomic E-state index is 13.5. The first-order valence-corrected chi connectivity index (χ1v) is 11.4. The quantitative estimate of drug-likeness (QED) is 0.324. The molecule has 166 valence electrons. The summed E-state index contributed by atoms with van der Waals surface area (Å²) in [4.78, 5) is 15.2. The van der Waals surface area contributed by atoms with Gasteiger partial charge in [-0.1, -0.05) is 51.8 Å². The zero-order valence-corrected chi connectivity index (χ0v) is 19.8. The van der Waals surface area contributed by atoms with Crippen molar-refractivity contribution in [3.05, 3.63) is 104 Å². The van der Waals surface area contributed by atoms with Crippen molar-refractivity contribution < 1.29 is 14.3 Å². The van der Waals surface area contributed by atoms with Gasteiger partial charge in [0.1, 0.15) is 23.0 Å². The van der Waals surface area contributed by atoms with E-state index in [4.69, 9.17) is 11.6 Å². The van der Waals surface area contributed by atoms with Gasteiger partial charge in [0.05, 0.1) is 6.04 Å². The van der Waals surface area contributed by atoms with Crippen LogP contribution in [0.2, 0.25) is 5.02 Å². The van der Waals surface area contributed by atoms with Crippen LogP contribution >= 0.6 is 27.5 Å². The molecule has 0 radical (unpaired) electrons. The van der Waals surface area contributed by atoms with E-state index in [1.807, 2.05) is 24.3 Å². The predicted octanol–water partition coefficient (Wildman–Crippen LogP) is 6.39. The number of carbonyl (C=O) groups is 1. The predicted molar refractivity (Wildman–Crippen MR) is 128 cm³/mol. The van der Waals surface area contributed by atoms with Crippen LogP contribution in [0.3, 0.4) is 0 Å². The van der Waals surface area contributed by atoms with E-state index in [1.54, 1.807) is 36.1 Å². The zero-order valence-electron chi connectivity index (χ0n) is 17.4. The van der Waals surface area contributed by atoms with Gasteiger partial charge in [-0.15, -0.1) is 0 Å². The number of hydrogen-bond acceptors (Lipinski definition) is 3. The molecule has 33 heavy (non-hydrogen) atoms. The van der Waals surface area contributed by atoms with E-state index in [-0.39, 0.29) is 24.0 Å². The van der Waals surface area contributed by atoms with Crippen molar-refractivity contribution >= 4 is 33.4 Å². The molecule has 4 aromatic rings. The van der Waals surface area contributed by atoms with Gasteiger partial charge < -0.3 is 10.0 Å². The molecule has 0 aliphatic carbocycles. The maximum absolute atomic E-state index is 13.5. The molecule has 5 nitrogen and oxygen atoms in total. The molecule has 5 rings (SSSR count). The van der Waals surface area contributed by atoms with Crippen LogP contribution in [-0.2, 0) is 6.54 Å². The number of amides is 1. The molecule has 0 spiro atoms. The summed E-state index contributed by atoms with van der Waals surface area (Å²) in [5.41, 5.74) is 4.36. The van der Waals surface area contributed by atoms with Crippen molar-refractivity contribution in [1.82, 2.24) is 15.1 Å². The number of aryl methyl sites for hydroxylation is 1. The largest absolute Gasteiger partial charge is 0.507 e. The Morgan fingerprint density at radius 3 is 2.55 bits per heavy atom. The van der Waals surface area contributed by atoms with Gasteiger partial charge >= 0.3 is 0 Å². The summed E-state index contributed by atoms with van der Waals surface area (Å²) in [6.45, 7) is 2.09. The lowest BCUT2D eigenvalue weighted by Crippen LogP contribution is -2.29. The van der Waals surface area contributed by atoms with Gasteiger partial charge in [-0.25, -0.2) is 4.39 Å². The van der Waals surface area contributed by atoms with Crippen molar-refractivity contribution in [2.75, 3.05) is 0 Å². The SMILES string of the molecule is Cc1cc(O)c(-c2n[nH]c3c2C(c2ccc(Br)cc2)N(Cc2ccc(F)cc2)C3=O)cc1Cl. The van der Waals surface area contributed by atoms with Gasteiger partial charge in [-0.05, 0) is 60.0 Å². The molecule has 0 saturated heterocycles. The van der Waals surface area contributed by atoms with Crippen LogP contribution in [-0.4, -0.2) is 26.1 Å². The number of H-pyrrole nitrogens is 1. The fraction of sp³-hybridized carbons (Fsp3) is 0.120. The van der Waals surface area contributed by atoms with Crippen molar-refractivity contribution in [3.63, 3.8) is 0 Å². The van der Waals surface area contributed by atoms with E-state index in [0.29, 0.717) is 27.5 Å². The van der Waals surface area contributed by atoms with Gasteiger partial charge in [0.15, 0.2) is 0 Å². The molecular formula is C25H18BrClFN3O2. The highest BCUT2D eigenvalue weighted by Gasteiger charge is 2.42. The zero-order chi connectivity index (χ0) is 23.3. The Bertz CT molecular complexity index is 1370. The minimum absolute atomic E-state index is 0.0326. The van der Waals surface area contributed by atoms with Crippen LogP contribution in [0, 0.1) is 12.7 Å². The molecule has 0 bridgehead atoms. The van der Waals surface area contributed by atoms with E-state index in [0.717, 1.165) is 21.2 Å². The summed E-state index contributed by atoms with van der Waals surface area (Å²) >= 11 is 9.80. The first-order chi connectivity index (χ1) is 15.8. The molecule has 1 aliphatic heterocycles. The third-order valence-corrected chi connectivity index (χ3v) is 6.78. The Labute approximate surface area is 203 Å². The van der Waals surface area contributed by atoms with Crippen molar-refractivity contribution in [3.8, 4) is 17.0 Å². The standard InChI is InChI=1S/C25H18BrClFN3O2/c1-13-10-20(32)18(11-19(13)27)22-21-23(30-29-22)25(33)31(12-14-2-8-17(28)9-3-14)24(21)15-4-6-16(26)7-5-15/h2-11,24,32H,12H2,1H3,(H,29,30). The smallest absolute Gasteiger partial charge is 0.273 e. The van der Waals surface area contributed by atoms with E-state index in [9.17, 15) is 14.3 Å². The molecule has 0 fully saturated rings. The number of rotatable bonds is 4. The highest BCUT2D eigenvalue weighted by molar-refractivity contribution is 9.10. The number of phenols is 1. The Kier molecular flexibility index (Phi) is 5.46. The Morgan fingerprint density at radius 1 is 1.15 bits per heavy atom. The van der Waals surface area contributed by atoms with E-state index >= 15 is 0 Å². The lowest BCUT2D eigenvalue weighted by atomic mass is 9.95. The normalized spacial score (nSPS) is 15.2. The fourth-order valence-corrected chi connectivity index (χ4v) is 4.63. The van der Waals surface area contributed by atoms with E-state index in [2.05, 4.69) is 26.1 Å². The van der Waals surface area contributed by atoms with Gasteiger partial charge in [-0.3, -0.25) is 9.89 Å². The van der Waals surface area contributed by atoms with Crippen LogP contribution in [0.1, 0.15) is 38.8 Å². The minimum Gasteiger partial charge on any atom is -0.507 e. The lowest BCUT2D eigenvalue weighted by molar-refractivity contribution is 0.0730. The Balaban J connectivity index is 1.66. The highest BCUT2D eigenvalue weighted by atomic mass is 79.9. The summed E-state index contributed by atoms with van der Waals surface area (Å²) in [5.74, 6) is -0.525. The number of fused-ring (bicyclic) bond motifs is 1. The van der Waals surface area contributed by atoms with Crippen molar-refractivity contribution in [2.24, 2.45) is 0 Å². The third-order valence-electron chi connectivity index (χ3n) is 5.85. The molecule has 0 saturated carbocycles. The average molecular weight is 527 g/mol. The number of halogens is 3. The van der Waals surface area contributed by atoms with Gasteiger partial charge in [0, 0.05) is 27.2 Å². The number of carbonyl (C=O) groups excluding carboxylic acids is 1. The molecular weight excluding hydrogens is 509 g/mol. The highest BCUT2D eigenvalue weighted by Crippen LogP contribution is 2.46. The molecule has 1 aliphatic rings. The summed E-state index contributed by atoms with van der Waals surface area (Å²) in [6, 6.07) is 16.6. The summed E-state index contributed by atoms with van der Waals surface area (Å²) < 4.78 is 14.3. The Morgan fingerprint density at radius 2 is 1.85 bits per heavy atom. The first-order valence-electron chi connectivity index (χ1n) is 10.2. The number of aromatic hydroxyl groups is 1. The summed E-state index contributed by atoms with van der Waals surface area (Å²) in [6.07, 6.45) is 0. The minimum atomic E-state index is -0.459. The monoisotopic (exact) mass is 525 g/mol. The molecule has 1 unspecified atom stereocenters. The number of nitrogens with zero attached hydrogens (tertiary/aromatic N) is 2. The van der Waals surface area contributed by atoms with Gasteiger partial charge in [0.25, 0.3) is 5.91 Å². The van der Waals surface area contributed by atoms with Gasteiger partial charge in [-0.2, -0.15) is 5.10 Å². The van der Waals surface area contributed by atoms with E-state index in [1.165, 1.54) is 12.1 Å². The van der Waals surface area contributed by atoms with Crippen LogP contribution in [0.5, 0.6) is 5.75 Å². The van der Waals surface area contributed by atoms with Crippen molar-refractivity contribution in [1.29, 1.82) is 0 Å².